The number of nitrogens with one attached hydrogen (secondary N) is 2. The average molecular weight is 517 g/mol. The Kier molecular flexibility index (Phi) is 7.36. The zero-order valence-electron chi connectivity index (χ0n) is 21.9. The molecule has 1 aliphatic carbocycles. The summed E-state index contributed by atoms with van der Waals surface area (Å²) in [5.74, 6) is 0.862. The predicted octanol–water partition coefficient (Wildman–Crippen LogP) is 5.63. The van der Waals surface area contributed by atoms with Crippen molar-refractivity contribution in [3.8, 4) is 22.6 Å². The lowest BCUT2D eigenvalue weighted by Crippen LogP contribution is -2.28. The van der Waals surface area contributed by atoms with Crippen LogP contribution in [0.1, 0.15) is 60.2 Å². The van der Waals surface area contributed by atoms with Crippen LogP contribution in [0.3, 0.4) is 0 Å². The molecule has 0 bridgehead atoms. The Morgan fingerprint density at radius 2 is 1.79 bits per heavy atom. The zero-order valence-corrected chi connectivity index (χ0v) is 21.9. The number of rotatable bonds is 9. The summed E-state index contributed by atoms with van der Waals surface area (Å²) in [6, 6.07) is 17.3. The molecule has 5 rings (SSSR count). The summed E-state index contributed by atoms with van der Waals surface area (Å²) in [7, 11) is 1.59. The molecule has 38 heavy (non-hydrogen) atoms. The van der Waals surface area contributed by atoms with Crippen molar-refractivity contribution in [3.63, 3.8) is 0 Å². The second-order valence-corrected chi connectivity index (χ2v) is 10.5. The first-order chi connectivity index (χ1) is 18.3. The molecule has 3 aromatic carbocycles. The quantitative estimate of drug-likeness (QED) is 0.387. The lowest BCUT2D eigenvalue weighted by molar-refractivity contribution is -0.123. The summed E-state index contributed by atoms with van der Waals surface area (Å²) >= 11 is 0. The molecule has 2 aliphatic rings. The van der Waals surface area contributed by atoms with Crippen LogP contribution in [-0.2, 0) is 4.79 Å². The molecule has 1 saturated carbocycles. The van der Waals surface area contributed by atoms with Crippen LogP contribution in [0.15, 0.2) is 60.7 Å². The van der Waals surface area contributed by atoms with Crippen molar-refractivity contribution in [1.82, 2.24) is 10.6 Å². The van der Waals surface area contributed by atoms with E-state index in [-0.39, 0.29) is 17.6 Å². The zero-order chi connectivity index (χ0) is 26.8. The van der Waals surface area contributed by atoms with Crippen molar-refractivity contribution >= 4 is 11.8 Å². The van der Waals surface area contributed by atoms with Crippen molar-refractivity contribution in [2.45, 2.75) is 38.7 Å². The van der Waals surface area contributed by atoms with Crippen LogP contribution in [0.25, 0.3) is 11.1 Å². The summed E-state index contributed by atoms with van der Waals surface area (Å²) in [5, 5.41) is 5.73. The molecule has 1 aliphatic heterocycles. The maximum absolute atomic E-state index is 13.6. The monoisotopic (exact) mass is 516 g/mol. The highest BCUT2D eigenvalue weighted by molar-refractivity contribution is 5.96. The first-order valence-corrected chi connectivity index (χ1v) is 13.2. The molecule has 2 unspecified atom stereocenters. The van der Waals surface area contributed by atoms with Crippen LogP contribution in [-0.4, -0.2) is 32.0 Å². The Bertz CT molecular complexity index is 1330. The summed E-state index contributed by atoms with van der Waals surface area (Å²) in [5.41, 5.74) is 3.65. The Labute approximate surface area is 222 Å². The third kappa shape index (κ3) is 5.67. The fourth-order valence-corrected chi connectivity index (χ4v) is 4.67. The van der Waals surface area contributed by atoms with Crippen molar-refractivity contribution in [3.05, 3.63) is 83.2 Å². The average Bonchev–Trinajstić information content (AvgIpc) is 3.68. The lowest BCUT2D eigenvalue weighted by Gasteiger charge is -2.18. The Morgan fingerprint density at radius 3 is 2.47 bits per heavy atom. The first kappa shape index (κ1) is 25.8. The van der Waals surface area contributed by atoms with Gasteiger partial charge < -0.3 is 20.1 Å². The van der Waals surface area contributed by atoms with Crippen LogP contribution in [0, 0.1) is 17.7 Å². The molecule has 2 amide bonds. The first-order valence-electron chi connectivity index (χ1n) is 13.2. The molecule has 198 valence electrons. The molecular formula is C31H33FN2O4. The Morgan fingerprint density at radius 1 is 1.03 bits per heavy atom. The van der Waals surface area contributed by atoms with Crippen LogP contribution < -0.4 is 20.1 Å². The van der Waals surface area contributed by atoms with Crippen LogP contribution >= 0.6 is 0 Å². The number of fused-ring (bicyclic) bond motifs is 1. The second kappa shape index (κ2) is 10.9. The van der Waals surface area contributed by atoms with Gasteiger partial charge in [-0.2, -0.15) is 0 Å². The molecule has 6 nitrogen and oxygen atoms in total. The Balaban J connectivity index is 1.50. The molecule has 1 fully saturated rings. The van der Waals surface area contributed by atoms with Gasteiger partial charge in [-0.05, 0) is 83.8 Å². The van der Waals surface area contributed by atoms with E-state index in [9.17, 15) is 14.0 Å². The molecule has 3 aromatic rings. The van der Waals surface area contributed by atoms with E-state index in [1.165, 1.54) is 25.0 Å². The molecule has 0 aromatic heterocycles. The highest BCUT2D eigenvalue weighted by Gasteiger charge is 2.40. The summed E-state index contributed by atoms with van der Waals surface area (Å²) < 4.78 is 25.8. The molecular weight excluding hydrogens is 483 g/mol. The summed E-state index contributed by atoms with van der Waals surface area (Å²) in [6.07, 6.45) is 1.76. The van der Waals surface area contributed by atoms with E-state index in [2.05, 4.69) is 24.5 Å². The minimum atomic E-state index is -0.608. The topological polar surface area (TPSA) is 76.7 Å². The number of halogens is 1. The fraction of sp³-hybridized carbons (Fsp3) is 0.355. The highest BCUT2D eigenvalue weighted by Crippen LogP contribution is 2.47. The van der Waals surface area contributed by atoms with Gasteiger partial charge in [-0.25, -0.2) is 4.39 Å². The van der Waals surface area contributed by atoms with Gasteiger partial charge in [0.15, 0.2) is 0 Å². The van der Waals surface area contributed by atoms with Gasteiger partial charge in [0, 0.05) is 24.7 Å². The molecule has 2 N–H and O–H groups in total. The largest absolute Gasteiger partial charge is 0.493 e. The van der Waals surface area contributed by atoms with Crippen LogP contribution in [0.4, 0.5) is 4.39 Å². The number of ether oxygens (including phenoxy) is 2. The van der Waals surface area contributed by atoms with Crippen LogP contribution in [0.2, 0.25) is 0 Å². The van der Waals surface area contributed by atoms with Crippen molar-refractivity contribution < 1.29 is 23.5 Å². The predicted molar refractivity (Wildman–Crippen MR) is 144 cm³/mol. The minimum absolute atomic E-state index is 0.152. The molecule has 1 heterocycles. The third-order valence-corrected chi connectivity index (χ3v) is 6.98. The standard InChI is InChI=1S/C31H33FN2O4/c1-18(2)16-34-30(35)23-12-22(13-25(14-23)37-17-19-4-5-19)21-8-11-27-26(15-21)28(31(36)33-3)29(38-27)20-6-9-24(32)10-7-20/h6-15,18-19,28-29H,4-5,16-17H2,1-3H3,(H,33,36)(H,34,35). The fourth-order valence-electron chi connectivity index (χ4n) is 4.67. The molecule has 2 atom stereocenters. The maximum Gasteiger partial charge on any atom is 0.251 e. The van der Waals surface area contributed by atoms with Gasteiger partial charge in [-0.15, -0.1) is 0 Å². The summed E-state index contributed by atoms with van der Waals surface area (Å²) in [4.78, 5) is 26.0. The molecule has 0 saturated heterocycles. The van der Waals surface area contributed by atoms with Gasteiger partial charge in [-0.3, -0.25) is 9.59 Å². The van der Waals surface area contributed by atoms with Crippen molar-refractivity contribution in [2.24, 2.45) is 11.8 Å². The van der Waals surface area contributed by atoms with Gasteiger partial charge in [0.1, 0.15) is 29.3 Å². The lowest BCUT2D eigenvalue weighted by atomic mass is 9.88. The number of carbonyl (C=O) groups excluding carboxylic acids is 2. The van der Waals surface area contributed by atoms with E-state index in [4.69, 9.17) is 9.47 Å². The Hall–Kier alpha value is -3.87. The van der Waals surface area contributed by atoms with E-state index >= 15 is 0 Å². The SMILES string of the molecule is CNC(=O)C1c2cc(-c3cc(OCC4CC4)cc(C(=O)NCC(C)C)c3)ccc2OC1c1ccc(F)cc1. The number of likely N-dealkylation sites (N-methyl/N-ethyl adjacent to an activating group) is 1. The van der Waals surface area contributed by atoms with Gasteiger partial charge in [0.2, 0.25) is 5.91 Å². The maximum atomic E-state index is 13.6. The van der Waals surface area contributed by atoms with Crippen molar-refractivity contribution in [1.29, 1.82) is 0 Å². The molecule has 0 radical (unpaired) electrons. The van der Waals surface area contributed by atoms with Gasteiger partial charge in [-0.1, -0.05) is 32.0 Å². The van der Waals surface area contributed by atoms with E-state index < -0.39 is 12.0 Å². The highest BCUT2D eigenvalue weighted by atomic mass is 19.1. The molecule has 7 heteroatoms. The van der Waals surface area contributed by atoms with E-state index in [0.29, 0.717) is 42.0 Å². The minimum Gasteiger partial charge on any atom is -0.493 e. The molecule has 0 spiro atoms. The summed E-state index contributed by atoms with van der Waals surface area (Å²) in [6.45, 7) is 5.31. The number of hydrogen-bond donors (Lipinski definition) is 2. The number of amides is 2. The normalized spacial score (nSPS) is 18.0. The van der Waals surface area contributed by atoms with Gasteiger partial charge in [0.05, 0.1) is 6.61 Å². The van der Waals surface area contributed by atoms with E-state index in [1.54, 1.807) is 25.2 Å². The van der Waals surface area contributed by atoms with Gasteiger partial charge in [0.25, 0.3) is 5.91 Å². The van der Waals surface area contributed by atoms with Gasteiger partial charge >= 0.3 is 0 Å². The third-order valence-electron chi connectivity index (χ3n) is 6.98. The number of hydrogen-bond acceptors (Lipinski definition) is 4. The number of carbonyl (C=O) groups is 2. The smallest absolute Gasteiger partial charge is 0.251 e. The van der Waals surface area contributed by atoms with E-state index in [1.807, 2.05) is 30.3 Å². The van der Waals surface area contributed by atoms with Crippen molar-refractivity contribution in [2.75, 3.05) is 20.2 Å². The van der Waals surface area contributed by atoms with Crippen LogP contribution in [0.5, 0.6) is 11.5 Å². The number of benzene rings is 3. The second-order valence-electron chi connectivity index (χ2n) is 10.5. The van der Waals surface area contributed by atoms with E-state index in [0.717, 1.165) is 22.3 Å².